The van der Waals surface area contributed by atoms with Crippen LogP contribution >= 0.6 is 0 Å². The number of guanidine groups is 2. The number of carboxylic acids is 1. The van der Waals surface area contributed by atoms with Crippen molar-refractivity contribution in [1.82, 2.24) is 21.3 Å². The van der Waals surface area contributed by atoms with Crippen LogP contribution in [0.5, 0.6) is 0 Å². The van der Waals surface area contributed by atoms with Crippen LogP contribution in [-0.4, -0.2) is 60.9 Å². The summed E-state index contributed by atoms with van der Waals surface area (Å²) in [6, 6.07) is 0. The lowest BCUT2D eigenvalue weighted by molar-refractivity contribution is -0.135. The Morgan fingerprint density at radius 3 is 2.33 bits per heavy atom. The van der Waals surface area contributed by atoms with Gasteiger partial charge in [0.05, 0.1) is 0 Å². The third kappa shape index (κ3) is 16.2. The summed E-state index contributed by atoms with van der Waals surface area (Å²) >= 11 is 0. The molecule has 0 radical (unpaired) electrons. The number of nitrogens with two attached hydrogens (primary N) is 1. The molecule has 0 aromatic rings. The smallest absolute Gasteiger partial charge is 0.322 e. The van der Waals surface area contributed by atoms with Crippen LogP contribution in [0.3, 0.4) is 0 Å². The van der Waals surface area contributed by atoms with Gasteiger partial charge in [0.2, 0.25) is 5.96 Å². The van der Waals surface area contributed by atoms with E-state index in [1.54, 1.807) is 0 Å². The number of aliphatic carboxylic acids is 1. The second kappa shape index (κ2) is 14.3. The molecule has 30 heavy (non-hydrogen) atoms. The number of ether oxygens (including phenoxy) is 1. The van der Waals surface area contributed by atoms with E-state index in [0.717, 1.165) is 18.4 Å². The second-order valence-electron chi connectivity index (χ2n) is 7.80. The summed E-state index contributed by atoms with van der Waals surface area (Å²) in [6.45, 7) is 19.0. The van der Waals surface area contributed by atoms with Gasteiger partial charge in [-0.05, 0) is 47.1 Å². The largest absolute Gasteiger partial charge is 0.480 e. The first-order chi connectivity index (χ1) is 13.9. The zero-order chi connectivity index (χ0) is 23.2. The van der Waals surface area contributed by atoms with Crippen LogP contribution in [0.1, 0.15) is 47.5 Å². The van der Waals surface area contributed by atoms with Crippen LogP contribution in [-0.2, 0) is 9.53 Å². The van der Waals surface area contributed by atoms with Crippen LogP contribution in [0.25, 0.3) is 0 Å². The second-order valence-corrected chi connectivity index (χ2v) is 7.80. The molecule has 1 atom stereocenters. The van der Waals surface area contributed by atoms with Crippen LogP contribution in [0.15, 0.2) is 34.6 Å². The molecule has 10 heteroatoms. The lowest BCUT2D eigenvalue weighted by Crippen LogP contribution is -2.39. The maximum Gasteiger partial charge on any atom is 0.322 e. The van der Waals surface area contributed by atoms with Gasteiger partial charge in [-0.25, -0.2) is 4.99 Å². The Morgan fingerprint density at radius 2 is 1.80 bits per heavy atom. The van der Waals surface area contributed by atoms with E-state index in [4.69, 9.17) is 15.6 Å². The predicted molar refractivity (Wildman–Crippen MR) is 122 cm³/mol. The summed E-state index contributed by atoms with van der Waals surface area (Å²) in [5.41, 5.74) is 6.46. The molecule has 0 aliphatic carbocycles. The fourth-order valence-corrected chi connectivity index (χ4v) is 2.08. The fourth-order valence-electron chi connectivity index (χ4n) is 2.08. The number of nitrogens with one attached hydrogen (secondary N) is 4. The normalized spacial score (nSPS) is 13.4. The van der Waals surface area contributed by atoms with E-state index in [9.17, 15) is 4.79 Å². The van der Waals surface area contributed by atoms with Gasteiger partial charge in [0.25, 0.3) is 0 Å². The highest BCUT2D eigenvalue weighted by Gasteiger charge is 2.12. The first kappa shape index (κ1) is 27.2. The van der Waals surface area contributed by atoms with Crippen molar-refractivity contribution in [3.63, 3.8) is 0 Å². The Bertz CT molecular complexity index is 624. The third-order valence-corrected chi connectivity index (χ3v) is 3.34. The predicted octanol–water partition coefficient (Wildman–Crippen LogP) is 1.09. The van der Waals surface area contributed by atoms with Gasteiger partial charge in [0.1, 0.15) is 18.3 Å². The lowest BCUT2D eigenvalue weighted by atomic mass is 10.2. The zero-order valence-electron chi connectivity index (χ0n) is 19.0. The molecule has 0 aromatic carbocycles. The molecule has 0 amide bonds. The van der Waals surface area contributed by atoms with E-state index >= 15 is 0 Å². The van der Waals surface area contributed by atoms with Gasteiger partial charge in [-0.2, -0.15) is 4.99 Å². The monoisotopic (exact) mass is 425 g/mol. The highest BCUT2D eigenvalue weighted by atomic mass is 16.5. The maximum atomic E-state index is 10.7. The van der Waals surface area contributed by atoms with Crippen LogP contribution < -0.4 is 27.0 Å². The molecule has 0 spiro atoms. The summed E-state index contributed by atoms with van der Waals surface area (Å²) in [5.74, 6) is -0.218. The van der Waals surface area contributed by atoms with Crippen molar-refractivity contribution in [2.24, 2.45) is 15.7 Å². The molecule has 172 valence electrons. The molecule has 1 unspecified atom stereocenters. The Kier molecular flexibility index (Phi) is 13.0. The van der Waals surface area contributed by atoms with E-state index in [2.05, 4.69) is 44.4 Å². The Hall–Kier alpha value is -2.75. The fraction of sp³-hybridized carbons (Fsp3) is 0.650. The van der Waals surface area contributed by atoms with E-state index < -0.39 is 5.97 Å². The van der Waals surface area contributed by atoms with E-state index in [0.29, 0.717) is 31.5 Å². The quantitative estimate of drug-likeness (QED) is 0.0845. The molecule has 0 rings (SSSR count). The SMILES string of the molecule is C=C(C)CNC(CC)/N=C(\N=C(/N)NCC(=O)O)NCCCNC(=C)OC(C)(C)C. The van der Waals surface area contributed by atoms with Crippen LogP contribution in [0.2, 0.25) is 0 Å². The minimum atomic E-state index is -1.03. The van der Waals surface area contributed by atoms with Crippen molar-refractivity contribution in [1.29, 1.82) is 0 Å². The summed E-state index contributed by atoms with van der Waals surface area (Å²) in [6.07, 6.45) is 1.31. The lowest BCUT2D eigenvalue weighted by Gasteiger charge is -2.23. The maximum absolute atomic E-state index is 10.7. The number of rotatable bonds is 13. The minimum Gasteiger partial charge on any atom is -0.480 e. The van der Waals surface area contributed by atoms with Crippen LogP contribution in [0, 0.1) is 0 Å². The van der Waals surface area contributed by atoms with Crippen molar-refractivity contribution in [3.05, 3.63) is 24.6 Å². The topological polar surface area (TPSA) is 145 Å². The molecule has 7 N–H and O–H groups in total. The highest BCUT2D eigenvalue weighted by Crippen LogP contribution is 2.09. The van der Waals surface area contributed by atoms with E-state index in [1.807, 2.05) is 34.6 Å². The van der Waals surface area contributed by atoms with E-state index in [-0.39, 0.29) is 24.3 Å². The molecular weight excluding hydrogens is 386 g/mol. The molecule has 0 saturated heterocycles. The van der Waals surface area contributed by atoms with Gasteiger partial charge in [0, 0.05) is 19.6 Å². The molecule has 10 nitrogen and oxygen atoms in total. The summed E-state index contributed by atoms with van der Waals surface area (Å²) in [7, 11) is 0. The minimum absolute atomic E-state index is 0.0246. The Morgan fingerprint density at radius 1 is 1.17 bits per heavy atom. The van der Waals surface area contributed by atoms with Gasteiger partial charge in [-0.1, -0.05) is 19.1 Å². The van der Waals surface area contributed by atoms with Crippen molar-refractivity contribution in [2.45, 2.75) is 59.2 Å². The summed E-state index contributed by atoms with van der Waals surface area (Å²) < 4.78 is 5.62. The first-order valence-corrected chi connectivity index (χ1v) is 10.0. The van der Waals surface area contributed by atoms with Crippen LogP contribution in [0.4, 0.5) is 0 Å². The van der Waals surface area contributed by atoms with Crippen molar-refractivity contribution < 1.29 is 14.6 Å². The number of aliphatic imine (C=N–C) groups is 2. The number of carbonyl (C=O) groups is 1. The summed E-state index contributed by atoms with van der Waals surface area (Å²) in [4.78, 5) is 19.4. The van der Waals surface area contributed by atoms with E-state index in [1.165, 1.54) is 0 Å². The molecule has 0 bridgehead atoms. The number of hydrogen-bond donors (Lipinski definition) is 6. The molecule has 0 aromatic heterocycles. The molecule has 0 aliphatic heterocycles. The molecule has 0 heterocycles. The molecule has 0 fully saturated rings. The number of hydrogen-bond acceptors (Lipinski definition) is 5. The number of nitrogens with zero attached hydrogens (tertiary/aromatic N) is 2. The molecular formula is C20H39N7O3. The van der Waals surface area contributed by atoms with Gasteiger partial charge >= 0.3 is 5.97 Å². The first-order valence-electron chi connectivity index (χ1n) is 10.0. The molecule has 0 aliphatic rings. The highest BCUT2D eigenvalue weighted by molar-refractivity contribution is 5.95. The van der Waals surface area contributed by atoms with Gasteiger partial charge in [-0.3, -0.25) is 10.1 Å². The van der Waals surface area contributed by atoms with Gasteiger partial charge < -0.3 is 31.5 Å². The third-order valence-electron chi connectivity index (χ3n) is 3.34. The summed E-state index contributed by atoms with van der Waals surface area (Å²) in [5, 5.41) is 20.8. The average molecular weight is 426 g/mol. The van der Waals surface area contributed by atoms with Gasteiger partial charge in [0.15, 0.2) is 11.8 Å². The van der Waals surface area contributed by atoms with Crippen molar-refractivity contribution >= 4 is 17.9 Å². The van der Waals surface area contributed by atoms with Crippen molar-refractivity contribution in [2.75, 3.05) is 26.2 Å². The Labute approximate surface area is 180 Å². The van der Waals surface area contributed by atoms with Gasteiger partial charge in [-0.15, -0.1) is 0 Å². The Balaban J connectivity index is 4.85. The van der Waals surface area contributed by atoms with Crippen molar-refractivity contribution in [3.8, 4) is 0 Å². The zero-order valence-corrected chi connectivity index (χ0v) is 19.0. The molecule has 0 saturated carbocycles. The number of carboxylic acid groups (broad SMARTS) is 1. The average Bonchev–Trinajstić information content (AvgIpc) is 2.61. The standard InChI is InChI=1S/C20H39N7O3/c1-8-16(24-12-14(2)3)26-19(27-18(21)25-13-17(28)29)23-11-9-10-22-15(4)30-20(5,6)7/h16,22,24H,2,4,8-13H2,1,3,5-7H3,(H,28,29)(H4,21,23,25,26,27).